The van der Waals surface area contributed by atoms with Gasteiger partial charge >= 0.3 is 17.9 Å². The summed E-state index contributed by atoms with van der Waals surface area (Å²) in [5.74, 6) is -13.5. The lowest BCUT2D eigenvalue weighted by Crippen LogP contribution is -2.62. The third-order valence-corrected chi connectivity index (χ3v) is 9.29. The minimum Gasteiger partial charge on any atom is -0.481 e. The van der Waals surface area contributed by atoms with Gasteiger partial charge in [-0.2, -0.15) is 0 Å². The second-order valence-electron chi connectivity index (χ2n) is 14.6. The fourth-order valence-corrected chi connectivity index (χ4v) is 5.69. The molecule has 1 aliphatic heterocycles. The molecule has 0 bridgehead atoms. The smallest absolute Gasteiger partial charge is 0.325 e. The molecule has 0 aromatic rings. The highest BCUT2D eigenvalue weighted by Gasteiger charge is 2.39. The Morgan fingerprint density at radius 2 is 1.11 bits per heavy atom. The number of nitrogens with one attached hydrogen (secondary N) is 7. The van der Waals surface area contributed by atoms with Crippen molar-refractivity contribution in [2.75, 3.05) is 19.8 Å². The van der Waals surface area contributed by atoms with Gasteiger partial charge in [0, 0.05) is 13.0 Å². The van der Waals surface area contributed by atoms with Crippen LogP contribution in [0.3, 0.4) is 0 Å². The van der Waals surface area contributed by atoms with Gasteiger partial charge in [-0.25, -0.2) is 0 Å². The largest absolute Gasteiger partial charge is 0.481 e. The van der Waals surface area contributed by atoms with Crippen molar-refractivity contribution in [3.05, 3.63) is 0 Å². The van der Waals surface area contributed by atoms with Gasteiger partial charge in [0.25, 0.3) is 0 Å². The molecular formula is C35H57N9O17. The molecule has 0 radical (unpaired) electrons. The molecule has 1 heterocycles. The van der Waals surface area contributed by atoms with Crippen LogP contribution in [0.15, 0.2) is 0 Å². The molecule has 344 valence electrons. The highest BCUT2D eigenvalue weighted by molar-refractivity contribution is 5.99. The van der Waals surface area contributed by atoms with E-state index >= 15 is 0 Å². The summed E-state index contributed by atoms with van der Waals surface area (Å²) in [4.78, 5) is 139. The number of nitrogens with two attached hydrogens (primary N) is 1. The number of hydrogen-bond donors (Lipinski definition) is 14. The average molecular weight is 876 g/mol. The van der Waals surface area contributed by atoms with Crippen molar-refractivity contribution in [2.24, 2.45) is 11.7 Å². The lowest BCUT2D eigenvalue weighted by atomic mass is 10.0. The van der Waals surface area contributed by atoms with Crippen molar-refractivity contribution >= 4 is 65.2 Å². The van der Waals surface area contributed by atoms with E-state index in [-0.39, 0.29) is 13.0 Å². The second-order valence-corrected chi connectivity index (χ2v) is 14.6. The Morgan fingerprint density at radius 1 is 0.623 bits per heavy atom. The van der Waals surface area contributed by atoms with Crippen LogP contribution in [0.2, 0.25) is 0 Å². The standard InChI is InChI=1S/C35H57N9O17/c1-14(2)26(33(58)42-20(12-45)29(54)37-15(3)34(59)44-10-6-7-22(44)31(56)38-16(4)35(60)61)43-30(55)21(13-46)41-28(53)19(11-24(50)51)40-27(52)18(8-9-23(48)49)39-32(57)25(36)17(5)47/h14-22,25-26,45-47H,6-13,36H2,1-5H3,(H,37,54)(H,38,56)(H,39,57)(H,40,52)(H,41,53)(H,42,58)(H,43,55)(H,48,49)(H,50,51)(H,60,61)/t15-,16-,17+,18-,19-,20-,21-,22-,25-,26-/m0/s1. The molecule has 1 fully saturated rings. The highest BCUT2D eigenvalue weighted by atomic mass is 16.4. The zero-order valence-electron chi connectivity index (χ0n) is 34.2. The van der Waals surface area contributed by atoms with Crippen molar-refractivity contribution in [1.82, 2.24) is 42.1 Å². The van der Waals surface area contributed by atoms with Crippen molar-refractivity contribution in [2.45, 2.75) is 127 Å². The van der Waals surface area contributed by atoms with Gasteiger partial charge in [-0.15, -0.1) is 0 Å². The van der Waals surface area contributed by atoms with E-state index < -0.39 is 164 Å². The summed E-state index contributed by atoms with van der Waals surface area (Å²) in [6.07, 6.45) is -3.12. The zero-order valence-corrected chi connectivity index (χ0v) is 34.2. The van der Waals surface area contributed by atoms with Crippen LogP contribution >= 0.6 is 0 Å². The predicted octanol–water partition coefficient (Wildman–Crippen LogP) is -6.82. The number of carbonyl (C=O) groups is 11. The maximum Gasteiger partial charge on any atom is 0.325 e. The van der Waals surface area contributed by atoms with Gasteiger partial charge in [-0.3, -0.25) is 52.7 Å². The molecule has 0 aromatic heterocycles. The molecule has 10 atom stereocenters. The summed E-state index contributed by atoms with van der Waals surface area (Å²) in [6.45, 7) is 4.58. The van der Waals surface area contributed by atoms with E-state index in [2.05, 4.69) is 26.6 Å². The van der Waals surface area contributed by atoms with E-state index in [1.54, 1.807) is 0 Å². The van der Waals surface area contributed by atoms with Crippen LogP contribution in [0.5, 0.6) is 0 Å². The van der Waals surface area contributed by atoms with Gasteiger partial charge in [0.15, 0.2) is 0 Å². The number of hydrogen-bond acceptors (Lipinski definition) is 15. The fourth-order valence-electron chi connectivity index (χ4n) is 5.69. The van der Waals surface area contributed by atoms with E-state index in [0.717, 1.165) is 11.8 Å². The quantitative estimate of drug-likeness (QED) is 0.0405. The molecular weight excluding hydrogens is 818 g/mol. The Labute approximate surface area is 349 Å². The van der Waals surface area contributed by atoms with E-state index in [0.29, 0.717) is 6.42 Å². The number of carboxylic acids is 3. The van der Waals surface area contributed by atoms with Gasteiger partial charge in [-0.05, 0) is 46.0 Å². The maximum atomic E-state index is 13.3. The van der Waals surface area contributed by atoms with E-state index in [4.69, 9.17) is 15.9 Å². The molecule has 0 aromatic carbocycles. The average Bonchev–Trinajstić information content (AvgIpc) is 3.68. The van der Waals surface area contributed by atoms with Crippen LogP contribution < -0.4 is 43.0 Å². The van der Waals surface area contributed by atoms with Crippen LogP contribution in [0.25, 0.3) is 0 Å². The van der Waals surface area contributed by atoms with E-state index in [1.165, 1.54) is 27.7 Å². The summed E-state index contributed by atoms with van der Waals surface area (Å²) >= 11 is 0. The van der Waals surface area contributed by atoms with Gasteiger partial charge in [0.1, 0.15) is 54.4 Å². The number of carbonyl (C=O) groups excluding carboxylic acids is 8. The molecule has 0 unspecified atom stereocenters. The Morgan fingerprint density at radius 3 is 1.61 bits per heavy atom. The Hall–Kier alpha value is -5.99. The number of aliphatic carboxylic acids is 3. The van der Waals surface area contributed by atoms with Crippen LogP contribution in [-0.2, 0) is 52.7 Å². The van der Waals surface area contributed by atoms with E-state index in [1.807, 2.05) is 10.6 Å². The molecule has 1 aliphatic rings. The van der Waals surface area contributed by atoms with Gasteiger partial charge in [0.2, 0.25) is 47.3 Å². The summed E-state index contributed by atoms with van der Waals surface area (Å²) in [7, 11) is 0. The lowest BCUT2D eigenvalue weighted by Gasteiger charge is -2.29. The fraction of sp³-hybridized carbons (Fsp3) is 0.686. The van der Waals surface area contributed by atoms with Crippen LogP contribution in [0.1, 0.15) is 66.7 Å². The SMILES string of the molecule is CC(C)[C@H](NC(=O)[C@H](CO)NC(=O)[C@H](CC(=O)O)NC(=O)[C@H](CCC(=O)O)NC(=O)[C@@H](N)[C@@H](C)O)C(=O)N[C@@H](CO)C(=O)N[C@@H](C)C(=O)N1CCC[C@H]1C(=O)N[C@@H](C)C(=O)O. The predicted molar refractivity (Wildman–Crippen MR) is 205 cm³/mol. The zero-order chi connectivity index (χ0) is 46.9. The lowest BCUT2D eigenvalue weighted by molar-refractivity contribution is -0.144. The molecule has 26 nitrogen and oxygen atoms in total. The number of carboxylic acid groups (broad SMARTS) is 3. The third-order valence-electron chi connectivity index (χ3n) is 9.29. The molecule has 15 N–H and O–H groups in total. The first-order chi connectivity index (χ1) is 28.4. The van der Waals surface area contributed by atoms with Gasteiger partial charge < -0.3 is 78.5 Å². The summed E-state index contributed by atoms with van der Waals surface area (Å²) < 4.78 is 0. The Bertz CT molecular complexity index is 1640. The van der Waals surface area contributed by atoms with Crippen LogP contribution in [-0.4, -0.2) is 181 Å². The molecule has 1 rings (SSSR count). The van der Waals surface area contributed by atoms with Crippen LogP contribution in [0, 0.1) is 5.92 Å². The summed E-state index contributed by atoms with van der Waals surface area (Å²) in [5, 5.41) is 72.5. The topological polar surface area (TPSA) is 423 Å². The highest BCUT2D eigenvalue weighted by Crippen LogP contribution is 2.19. The normalized spacial score (nSPS) is 18.0. The summed E-state index contributed by atoms with van der Waals surface area (Å²) in [5.41, 5.74) is 5.57. The number of aliphatic hydroxyl groups is 3. The monoisotopic (exact) mass is 875 g/mol. The molecule has 8 amide bonds. The van der Waals surface area contributed by atoms with Crippen molar-refractivity contribution < 1.29 is 83.4 Å². The Balaban J connectivity index is 3.07. The number of likely N-dealkylation sites (tertiary alicyclic amines) is 1. The number of amides is 8. The number of nitrogens with zero attached hydrogens (tertiary/aromatic N) is 1. The van der Waals surface area contributed by atoms with Gasteiger partial charge in [-0.1, -0.05) is 13.8 Å². The van der Waals surface area contributed by atoms with Crippen LogP contribution in [0.4, 0.5) is 0 Å². The van der Waals surface area contributed by atoms with Gasteiger partial charge in [0.05, 0.1) is 25.7 Å². The third kappa shape index (κ3) is 16.9. The first-order valence-electron chi connectivity index (χ1n) is 19.1. The second kappa shape index (κ2) is 24.9. The first kappa shape index (κ1) is 53.0. The number of rotatable bonds is 25. The molecule has 0 aliphatic carbocycles. The maximum absolute atomic E-state index is 13.3. The summed E-state index contributed by atoms with van der Waals surface area (Å²) in [6, 6.07) is -13.9. The minimum absolute atomic E-state index is 0.120. The Kier molecular flexibility index (Phi) is 21.7. The molecule has 1 saturated heterocycles. The van der Waals surface area contributed by atoms with Crippen molar-refractivity contribution in [3.63, 3.8) is 0 Å². The minimum atomic E-state index is -1.99. The molecule has 26 heteroatoms. The molecule has 0 spiro atoms. The van der Waals surface area contributed by atoms with E-state index in [9.17, 15) is 73.2 Å². The van der Waals surface area contributed by atoms with Crippen molar-refractivity contribution in [1.29, 1.82) is 0 Å². The number of aliphatic hydroxyl groups excluding tert-OH is 3. The molecule has 61 heavy (non-hydrogen) atoms. The van der Waals surface area contributed by atoms with Crippen molar-refractivity contribution in [3.8, 4) is 0 Å². The first-order valence-corrected chi connectivity index (χ1v) is 19.1. The molecule has 0 saturated carbocycles.